The Balaban J connectivity index is 2.78. The van der Waals surface area contributed by atoms with Gasteiger partial charge in [-0.25, -0.2) is 0 Å². The second kappa shape index (κ2) is 4.97. The van der Waals surface area contributed by atoms with E-state index in [1.54, 1.807) is 6.33 Å². The average molecular weight is 182 g/mol. The molecule has 0 fully saturated rings. The lowest BCUT2D eigenvalue weighted by Crippen LogP contribution is -2.16. The first-order valence-electron chi connectivity index (χ1n) is 4.91. The molecule has 1 aromatic heterocycles. The van der Waals surface area contributed by atoms with Gasteiger partial charge in [-0.3, -0.25) is 0 Å². The Morgan fingerprint density at radius 2 is 2.31 bits per heavy atom. The number of nitrogens with zero attached hydrogens (tertiary/aromatic N) is 3. The van der Waals surface area contributed by atoms with Gasteiger partial charge in [0.2, 0.25) is 0 Å². The molecule has 1 heterocycles. The van der Waals surface area contributed by atoms with E-state index >= 15 is 0 Å². The molecule has 0 spiro atoms. The molecule has 0 amide bonds. The summed E-state index contributed by atoms with van der Waals surface area (Å²) in [5, 5.41) is 8.02. The van der Waals surface area contributed by atoms with Crippen LogP contribution in [0.5, 0.6) is 0 Å². The van der Waals surface area contributed by atoms with Crippen LogP contribution in [0.1, 0.15) is 38.4 Å². The molecule has 0 aliphatic heterocycles. The van der Waals surface area contributed by atoms with E-state index in [1.807, 2.05) is 0 Å². The lowest BCUT2D eigenvalue weighted by Gasteiger charge is -2.12. The van der Waals surface area contributed by atoms with Crippen molar-refractivity contribution in [2.45, 2.75) is 39.2 Å². The summed E-state index contributed by atoms with van der Waals surface area (Å²) in [7, 11) is 0. The fourth-order valence-corrected chi connectivity index (χ4v) is 1.45. The highest BCUT2D eigenvalue weighted by Crippen LogP contribution is 2.15. The molecule has 0 aromatic carbocycles. The van der Waals surface area contributed by atoms with E-state index in [0.717, 1.165) is 25.2 Å². The maximum Gasteiger partial charge on any atom is 0.137 e. The van der Waals surface area contributed by atoms with Crippen LogP contribution in [-0.4, -0.2) is 21.3 Å². The zero-order valence-electron chi connectivity index (χ0n) is 8.40. The van der Waals surface area contributed by atoms with Gasteiger partial charge in [0, 0.05) is 19.0 Å². The SMILES string of the molecule is CCCn1cnnc1C(CC)CN. The first-order valence-corrected chi connectivity index (χ1v) is 4.91. The van der Waals surface area contributed by atoms with Gasteiger partial charge in [-0.05, 0) is 12.8 Å². The molecule has 2 N–H and O–H groups in total. The van der Waals surface area contributed by atoms with E-state index in [1.165, 1.54) is 0 Å². The van der Waals surface area contributed by atoms with Crippen LogP contribution in [0, 0.1) is 0 Å². The summed E-state index contributed by atoms with van der Waals surface area (Å²) >= 11 is 0. The molecule has 0 saturated heterocycles. The van der Waals surface area contributed by atoms with E-state index in [4.69, 9.17) is 5.73 Å². The number of aromatic nitrogens is 3. The topological polar surface area (TPSA) is 56.7 Å². The highest BCUT2D eigenvalue weighted by Gasteiger charge is 2.13. The summed E-state index contributed by atoms with van der Waals surface area (Å²) in [5.41, 5.74) is 5.66. The van der Waals surface area contributed by atoms with Crippen LogP contribution < -0.4 is 5.73 Å². The molecular weight excluding hydrogens is 164 g/mol. The van der Waals surface area contributed by atoms with Crippen LogP contribution in [0.15, 0.2) is 6.33 Å². The van der Waals surface area contributed by atoms with Crippen molar-refractivity contribution >= 4 is 0 Å². The van der Waals surface area contributed by atoms with Crippen molar-refractivity contribution in [1.82, 2.24) is 14.8 Å². The molecule has 13 heavy (non-hydrogen) atoms. The van der Waals surface area contributed by atoms with Gasteiger partial charge in [-0.1, -0.05) is 13.8 Å². The standard InChI is InChI=1S/C9H18N4/c1-3-5-13-7-11-12-9(13)8(4-2)6-10/h7-8H,3-6,10H2,1-2H3. The van der Waals surface area contributed by atoms with Gasteiger partial charge < -0.3 is 10.3 Å². The quantitative estimate of drug-likeness (QED) is 0.743. The monoisotopic (exact) mass is 182 g/mol. The number of hydrogen-bond acceptors (Lipinski definition) is 3. The van der Waals surface area contributed by atoms with Gasteiger partial charge in [0.15, 0.2) is 0 Å². The number of aryl methyl sites for hydroxylation is 1. The summed E-state index contributed by atoms with van der Waals surface area (Å²) < 4.78 is 2.10. The minimum absolute atomic E-state index is 0.356. The molecule has 74 valence electrons. The summed E-state index contributed by atoms with van der Waals surface area (Å²) in [6, 6.07) is 0. The fraction of sp³-hybridized carbons (Fsp3) is 0.778. The van der Waals surface area contributed by atoms with Gasteiger partial charge >= 0.3 is 0 Å². The molecule has 1 aromatic rings. The Morgan fingerprint density at radius 3 is 2.85 bits per heavy atom. The lowest BCUT2D eigenvalue weighted by molar-refractivity contribution is 0.558. The first-order chi connectivity index (χ1) is 6.33. The minimum atomic E-state index is 0.356. The van der Waals surface area contributed by atoms with Crippen LogP contribution in [0.25, 0.3) is 0 Å². The van der Waals surface area contributed by atoms with Crippen molar-refractivity contribution in [3.63, 3.8) is 0 Å². The van der Waals surface area contributed by atoms with Crippen LogP contribution in [0.2, 0.25) is 0 Å². The summed E-state index contributed by atoms with van der Waals surface area (Å²) in [6.07, 6.45) is 3.92. The van der Waals surface area contributed by atoms with E-state index in [2.05, 4.69) is 28.6 Å². The second-order valence-corrected chi connectivity index (χ2v) is 3.22. The van der Waals surface area contributed by atoms with Crippen molar-refractivity contribution in [1.29, 1.82) is 0 Å². The average Bonchev–Trinajstić information content (AvgIpc) is 2.57. The highest BCUT2D eigenvalue weighted by molar-refractivity contribution is 4.96. The molecule has 1 rings (SSSR count). The highest BCUT2D eigenvalue weighted by atomic mass is 15.3. The molecule has 4 nitrogen and oxygen atoms in total. The Kier molecular flexibility index (Phi) is 3.89. The van der Waals surface area contributed by atoms with Gasteiger partial charge in [0.1, 0.15) is 12.2 Å². The van der Waals surface area contributed by atoms with Crippen molar-refractivity contribution in [2.24, 2.45) is 5.73 Å². The largest absolute Gasteiger partial charge is 0.330 e. The van der Waals surface area contributed by atoms with E-state index in [9.17, 15) is 0 Å². The van der Waals surface area contributed by atoms with E-state index < -0.39 is 0 Å². The van der Waals surface area contributed by atoms with Crippen LogP contribution in [0.3, 0.4) is 0 Å². The predicted molar refractivity (Wildman–Crippen MR) is 52.4 cm³/mol. The van der Waals surface area contributed by atoms with Crippen molar-refractivity contribution in [2.75, 3.05) is 6.54 Å². The normalized spacial score (nSPS) is 13.2. The molecule has 0 aliphatic rings. The van der Waals surface area contributed by atoms with E-state index in [0.29, 0.717) is 12.5 Å². The second-order valence-electron chi connectivity index (χ2n) is 3.22. The molecule has 1 unspecified atom stereocenters. The number of nitrogens with two attached hydrogens (primary N) is 1. The Bertz CT molecular complexity index is 240. The van der Waals surface area contributed by atoms with Gasteiger partial charge in [0.25, 0.3) is 0 Å². The third kappa shape index (κ3) is 2.28. The summed E-state index contributed by atoms with van der Waals surface area (Å²) in [6.45, 7) is 5.91. The third-order valence-electron chi connectivity index (χ3n) is 2.25. The first kappa shape index (κ1) is 10.2. The molecule has 0 radical (unpaired) electrons. The zero-order valence-corrected chi connectivity index (χ0v) is 8.40. The Morgan fingerprint density at radius 1 is 1.54 bits per heavy atom. The third-order valence-corrected chi connectivity index (χ3v) is 2.25. The van der Waals surface area contributed by atoms with Gasteiger partial charge in [-0.15, -0.1) is 10.2 Å². The molecule has 1 atom stereocenters. The van der Waals surface area contributed by atoms with Crippen molar-refractivity contribution in [3.8, 4) is 0 Å². The molecule has 0 bridgehead atoms. The summed E-state index contributed by atoms with van der Waals surface area (Å²) in [4.78, 5) is 0. The molecular formula is C9H18N4. The fourth-order valence-electron chi connectivity index (χ4n) is 1.45. The smallest absolute Gasteiger partial charge is 0.137 e. The molecule has 0 saturated carbocycles. The number of rotatable bonds is 5. The minimum Gasteiger partial charge on any atom is -0.330 e. The van der Waals surface area contributed by atoms with Crippen LogP contribution in [-0.2, 0) is 6.54 Å². The van der Waals surface area contributed by atoms with Crippen molar-refractivity contribution in [3.05, 3.63) is 12.2 Å². The maximum atomic E-state index is 5.66. The van der Waals surface area contributed by atoms with Gasteiger partial charge in [0.05, 0.1) is 0 Å². The molecule has 0 aliphatic carbocycles. The summed E-state index contributed by atoms with van der Waals surface area (Å²) in [5.74, 6) is 1.39. The Hall–Kier alpha value is -0.900. The molecule has 4 heteroatoms. The van der Waals surface area contributed by atoms with Crippen LogP contribution in [0.4, 0.5) is 0 Å². The van der Waals surface area contributed by atoms with Gasteiger partial charge in [-0.2, -0.15) is 0 Å². The van der Waals surface area contributed by atoms with Crippen LogP contribution >= 0.6 is 0 Å². The zero-order chi connectivity index (χ0) is 9.68. The van der Waals surface area contributed by atoms with Crippen molar-refractivity contribution < 1.29 is 0 Å². The van der Waals surface area contributed by atoms with E-state index in [-0.39, 0.29) is 0 Å². The predicted octanol–water partition coefficient (Wildman–Crippen LogP) is 1.14. The maximum absolute atomic E-state index is 5.66. The number of hydrogen-bond donors (Lipinski definition) is 1. The Labute approximate surface area is 79.2 Å². The lowest BCUT2D eigenvalue weighted by atomic mass is 10.1.